The van der Waals surface area contributed by atoms with Crippen LogP contribution in [0.3, 0.4) is 0 Å². The predicted molar refractivity (Wildman–Crippen MR) is 262 cm³/mol. The third-order valence-corrected chi connectivity index (χ3v) is 13.2. The lowest BCUT2D eigenvalue weighted by atomic mass is 10.0. The first-order valence-corrected chi connectivity index (χ1v) is 22.9. The number of ether oxygens (including phenoxy) is 1. The van der Waals surface area contributed by atoms with Gasteiger partial charge in [0.05, 0.1) is 45.8 Å². The Hall–Kier alpha value is -8.98. The molecule has 68 heavy (non-hydrogen) atoms. The molecule has 0 radical (unpaired) electrons. The summed E-state index contributed by atoms with van der Waals surface area (Å²) >= 11 is 0. The molecule has 4 heterocycles. The molecule has 4 aromatic heterocycles. The summed E-state index contributed by atoms with van der Waals surface area (Å²) in [4.78, 5) is 37.0. The molecule has 12 rings (SSSR count). The number of phenols is 1. The lowest BCUT2D eigenvalue weighted by molar-refractivity contribution is 0.103. The Kier molecular flexibility index (Phi) is 9.29. The van der Waals surface area contributed by atoms with Gasteiger partial charge < -0.3 is 19.4 Å². The number of ketones is 1. The van der Waals surface area contributed by atoms with Crippen LogP contribution in [0.1, 0.15) is 15.9 Å². The molecular weight excluding hydrogens is 875 g/mol. The lowest BCUT2D eigenvalue weighted by Crippen LogP contribution is -2.07. The molecule has 0 aliphatic heterocycles. The highest BCUT2D eigenvalue weighted by Crippen LogP contribution is 2.41. The summed E-state index contributed by atoms with van der Waals surface area (Å²) in [5.41, 5.74) is 8.54. The number of rotatable bonds is 9. The SMILES string of the molecule is COc1cc(O)c(C(=O)c2ccc(-n3c4ccccc4c4cc5c(cc43)c3cc(-c4nc6ccccc6[nH]4)ccc3n5-c3nc(-c4ccccc4)nc(-c4ccccc4)n3)cc2)cc1S(=O)(=O)O. The van der Waals surface area contributed by atoms with Crippen LogP contribution in [0.2, 0.25) is 0 Å². The number of hydrogen-bond donors (Lipinski definition) is 3. The zero-order valence-corrected chi connectivity index (χ0v) is 36.7. The van der Waals surface area contributed by atoms with Gasteiger partial charge in [0.1, 0.15) is 22.2 Å². The minimum Gasteiger partial charge on any atom is -0.507 e. The summed E-state index contributed by atoms with van der Waals surface area (Å²) in [5, 5.41) is 14.6. The van der Waals surface area contributed by atoms with Crippen LogP contribution in [0, 0.1) is 0 Å². The van der Waals surface area contributed by atoms with E-state index in [2.05, 4.69) is 50.5 Å². The number of imidazole rings is 1. The molecule has 0 bridgehead atoms. The Morgan fingerprint density at radius 1 is 0.574 bits per heavy atom. The second-order valence-electron chi connectivity index (χ2n) is 16.3. The Bertz CT molecular complexity index is 4040. The number of aromatic hydroxyl groups is 1. The molecule has 0 spiro atoms. The van der Waals surface area contributed by atoms with Crippen LogP contribution in [0.15, 0.2) is 181 Å². The van der Waals surface area contributed by atoms with Gasteiger partial charge in [0, 0.05) is 55.6 Å². The van der Waals surface area contributed by atoms with Gasteiger partial charge in [-0.15, -0.1) is 0 Å². The minimum atomic E-state index is -4.78. The van der Waals surface area contributed by atoms with Gasteiger partial charge in [0.2, 0.25) is 5.95 Å². The summed E-state index contributed by atoms with van der Waals surface area (Å²) in [6.45, 7) is 0. The molecule has 0 aliphatic carbocycles. The number of methoxy groups -OCH3 is 1. The zero-order chi connectivity index (χ0) is 46.3. The number of nitrogens with one attached hydrogen (secondary N) is 1. The first-order valence-electron chi connectivity index (χ1n) is 21.5. The van der Waals surface area contributed by atoms with Crippen LogP contribution in [0.4, 0.5) is 0 Å². The maximum Gasteiger partial charge on any atom is 0.298 e. The highest BCUT2D eigenvalue weighted by Gasteiger charge is 2.25. The summed E-state index contributed by atoms with van der Waals surface area (Å²) in [6, 6.07) is 55.2. The van der Waals surface area contributed by atoms with E-state index in [0.717, 1.165) is 95.0 Å². The van der Waals surface area contributed by atoms with Gasteiger partial charge in [0.15, 0.2) is 17.4 Å². The normalized spacial score (nSPS) is 11.9. The van der Waals surface area contributed by atoms with Crippen LogP contribution in [-0.2, 0) is 10.1 Å². The highest BCUT2D eigenvalue weighted by atomic mass is 32.2. The van der Waals surface area contributed by atoms with Crippen LogP contribution in [0.5, 0.6) is 11.5 Å². The fraction of sp³-hybridized carbons (Fsp3) is 0.0185. The van der Waals surface area contributed by atoms with Crippen molar-refractivity contribution in [1.29, 1.82) is 0 Å². The molecule has 0 saturated heterocycles. The van der Waals surface area contributed by atoms with E-state index in [-0.39, 0.29) is 16.9 Å². The number of carbonyl (C=O) groups excluding carboxylic acids is 1. The van der Waals surface area contributed by atoms with Gasteiger partial charge >= 0.3 is 0 Å². The molecule has 8 aromatic carbocycles. The monoisotopic (exact) mass is 909 g/mol. The maximum atomic E-state index is 13.8. The smallest absolute Gasteiger partial charge is 0.298 e. The summed E-state index contributed by atoms with van der Waals surface area (Å²) in [6.07, 6.45) is 0. The third-order valence-electron chi connectivity index (χ3n) is 12.3. The highest BCUT2D eigenvalue weighted by molar-refractivity contribution is 7.86. The maximum absolute atomic E-state index is 13.8. The van der Waals surface area contributed by atoms with Crippen LogP contribution in [-0.4, -0.2) is 65.0 Å². The van der Waals surface area contributed by atoms with Crippen molar-refractivity contribution in [3.8, 4) is 57.3 Å². The number of aromatic nitrogens is 7. The van der Waals surface area contributed by atoms with E-state index in [0.29, 0.717) is 17.6 Å². The van der Waals surface area contributed by atoms with Gasteiger partial charge in [-0.2, -0.15) is 18.4 Å². The molecule has 12 aromatic rings. The number of phenolic OH excluding ortho intramolecular Hbond substituents is 1. The molecule has 0 amide bonds. The average Bonchev–Trinajstić information content (AvgIpc) is 4.05. The predicted octanol–water partition coefficient (Wildman–Crippen LogP) is 11.1. The first kappa shape index (κ1) is 40.5. The van der Waals surface area contributed by atoms with E-state index in [1.165, 1.54) is 7.11 Å². The minimum absolute atomic E-state index is 0.182. The van der Waals surface area contributed by atoms with Gasteiger partial charge in [-0.1, -0.05) is 91.0 Å². The Morgan fingerprint density at radius 3 is 1.85 bits per heavy atom. The van der Waals surface area contributed by atoms with Crippen molar-refractivity contribution in [3.05, 3.63) is 187 Å². The number of H-pyrrole nitrogens is 1. The van der Waals surface area contributed by atoms with Crippen LogP contribution in [0.25, 0.3) is 100 Å². The second kappa shape index (κ2) is 15.6. The lowest BCUT2D eigenvalue weighted by Gasteiger charge is -2.12. The van der Waals surface area contributed by atoms with Crippen molar-refractivity contribution in [1.82, 2.24) is 34.1 Å². The van der Waals surface area contributed by atoms with Crippen molar-refractivity contribution in [2.24, 2.45) is 0 Å². The number of para-hydroxylation sites is 3. The molecule has 0 fully saturated rings. The van der Waals surface area contributed by atoms with Crippen molar-refractivity contribution in [3.63, 3.8) is 0 Å². The molecule has 3 N–H and O–H groups in total. The fourth-order valence-electron chi connectivity index (χ4n) is 9.12. The van der Waals surface area contributed by atoms with E-state index in [4.69, 9.17) is 24.7 Å². The van der Waals surface area contributed by atoms with E-state index in [1.54, 1.807) is 24.3 Å². The number of aromatic amines is 1. The molecule has 14 heteroatoms. The van der Waals surface area contributed by atoms with E-state index < -0.39 is 26.5 Å². The van der Waals surface area contributed by atoms with Gasteiger partial charge in [-0.25, -0.2) is 9.97 Å². The van der Waals surface area contributed by atoms with Gasteiger partial charge in [0.25, 0.3) is 10.1 Å². The molecule has 0 saturated carbocycles. The Balaban J connectivity index is 1.09. The van der Waals surface area contributed by atoms with Crippen molar-refractivity contribution in [2.75, 3.05) is 7.11 Å². The Labute approximate surface area is 387 Å². The van der Waals surface area contributed by atoms with Crippen molar-refractivity contribution in [2.45, 2.75) is 4.90 Å². The molecule has 13 nitrogen and oxygen atoms in total. The summed E-state index contributed by atoms with van der Waals surface area (Å²) < 4.78 is 43.5. The molecule has 0 atom stereocenters. The average molecular weight is 910 g/mol. The zero-order valence-electron chi connectivity index (χ0n) is 35.9. The molecule has 328 valence electrons. The molecule has 0 aliphatic rings. The topological polar surface area (TPSA) is 178 Å². The first-order chi connectivity index (χ1) is 33.1. The third kappa shape index (κ3) is 6.65. The molecule has 0 unspecified atom stereocenters. The Morgan fingerprint density at radius 2 is 1.18 bits per heavy atom. The summed E-state index contributed by atoms with van der Waals surface area (Å²) in [7, 11) is -3.59. The van der Waals surface area contributed by atoms with Gasteiger partial charge in [-0.05, 0) is 78.9 Å². The van der Waals surface area contributed by atoms with Crippen LogP contribution < -0.4 is 4.74 Å². The fourth-order valence-corrected chi connectivity index (χ4v) is 9.78. The second-order valence-corrected chi connectivity index (χ2v) is 17.7. The number of nitrogens with zero attached hydrogens (tertiary/aromatic N) is 6. The van der Waals surface area contributed by atoms with E-state index in [1.807, 2.05) is 103 Å². The van der Waals surface area contributed by atoms with Gasteiger partial charge in [-0.3, -0.25) is 13.9 Å². The number of fused-ring (bicyclic) bond motifs is 7. The standard InChI is InChI=1S/C54H35N7O6S/c1-67-48-30-47(62)40(29-49(48)68(64,65)66)50(63)31-20-23-35(24-21-31)60-43-19-11-8-16-36(43)38-27-46-39(28-45(38)60)37-26-34(53-55-41-17-9-10-18-42(41)56-53)22-25-44(37)61(46)54-58-51(32-12-4-2-5-13-32)57-52(59-54)33-14-6-3-7-15-33/h2-30,62H,1H3,(H,55,56)(H,64,65,66). The summed E-state index contributed by atoms with van der Waals surface area (Å²) in [5.74, 6) is 0.796. The number of carbonyl (C=O) groups is 1. The molecular formula is C54H35N7O6S. The van der Waals surface area contributed by atoms with Crippen molar-refractivity contribution < 1.29 is 27.6 Å². The van der Waals surface area contributed by atoms with Crippen LogP contribution >= 0.6 is 0 Å². The number of hydrogen-bond acceptors (Lipinski definition) is 9. The quantitative estimate of drug-likeness (QED) is 0.0932. The van der Waals surface area contributed by atoms with E-state index >= 15 is 0 Å². The number of benzene rings is 8. The van der Waals surface area contributed by atoms with Crippen molar-refractivity contribution >= 4 is 70.5 Å². The largest absolute Gasteiger partial charge is 0.507 e. The van der Waals surface area contributed by atoms with E-state index in [9.17, 15) is 22.9 Å².